The lowest BCUT2D eigenvalue weighted by Gasteiger charge is -2.40. The number of carbonyl (C=O) groups is 2. The Morgan fingerprint density at radius 1 is 1.26 bits per heavy atom. The lowest BCUT2D eigenvalue weighted by Crippen LogP contribution is -2.41. The number of ketones is 1. The highest BCUT2D eigenvalue weighted by molar-refractivity contribution is 6.01. The third kappa shape index (κ3) is 3.03. The summed E-state index contributed by atoms with van der Waals surface area (Å²) in [5.41, 5.74) is 2.33. The molecule has 0 fully saturated rings. The number of rotatable bonds is 2. The molecule has 0 atom stereocenters. The summed E-state index contributed by atoms with van der Waals surface area (Å²) in [4.78, 5) is 27.2. The van der Waals surface area contributed by atoms with Crippen LogP contribution in [0.3, 0.4) is 0 Å². The quantitative estimate of drug-likeness (QED) is 0.838. The van der Waals surface area contributed by atoms with Crippen molar-refractivity contribution in [1.82, 2.24) is 4.90 Å². The molecule has 0 unspecified atom stereocenters. The van der Waals surface area contributed by atoms with Crippen molar-refractivity contribution in [2.75, 3.05) is 13.7 Å². The van der Waals surface area contributed by atoms with Crippen LogP contribution in [-0.2, 0) is 4.79 Å². The zero-order valence-corrected chi connectivity index (χ0v) is 14.0. The van der Waals surface area contributed by atoms with Crippen LogP contribution in [0, 0.1) is 5.41 Å². The minimum Gasteiger partial charge on any atom is -0.497 e. The molecule has 23 heavy (non-hydrogen) atoms. The van der Waals surface area contributed by atoms with Crippen LogP contribution in [0.5, 0.6) is 5.75 Å². The number of allylic oxidation sites excluding steroid dienone is 2. The summed E-state index contributed by atoms with van der Waals surface area (Å²) in [6, 6.07) is 7.20. The second kappa shape index (κ2) is 5.84. The van der Waals surface area contributed by atoms with Crippen LogP contribution >= 0.6 is 0 Å². The molecule has 0 radical (unpaired) electrons. The van der Waals surface area contributed by atoms with Gasteiger partial charge in [-0.15, -0.1) is 0 Å². The molecule has 0 bridgehead atoms. The van der Waals surface area contributed by atoms with E-state index in [1.807, 2.05) is 17.0 Å². The molecule has 1 aromatic rings. The van der Waals surface area contributed by atoms with Crippen LogP contribution in [-0.4, -0.2) is 30.2 Å². The van der Waals surface area contributed by atoms with Crippen molar-refractivity contribution >= 4 is 11.7 Å². The van der Waals surface area contributed by atoms with Gasteiger partial charge in [0, 0.05) is 29.8 Å². The summed E-state index contributed by atoms with van der Waals surface area (Å²) in [6.07, 6.45) is 3.00. The van der Waals surface area contributed by atoms with Crippen LogP contribution in [0.2, 0.25) is 0 Å². The Morgan fingerprint density at radius 2 is 2.04 bits per heavy atom. The number of methoxy groups -OCH3 is 1. The first-order valence-electron chi connectivity index (χ1n) is 8.12. The van der Waals surface area contributed by atoms with E-state index in [-0.39, 0.29) is 17.1 Å². The Labute approximate surface area is 137 Å². The Kier molecular flexibility index (Phi) is 4.00. The zero-order valence-electron chi connectivity index (χ0n) is 14.0. The summed E-state index contributed by atoms with van der Waals surface area (Å²) >= 11 is 0. The van der Waals surface area contributed by atoms with E-state index >= 15 is 0 Å². The maximum Gasteiger partial charge on any atom is 0.258 e. The van der Waals surface area contributed by atoms with Gasteiger partial charge in [0.1, 0.15) is 5.75 Å². The van der Waals surface area contributed by atoms with Gasteiger partial charge in [0.25, 0.3) is 5.91 Å². The molecule has 1 aliphatic carbocycles. The number of hydrogen-bond acceptors (Lipinski definition) is 3. The van der Waals surface area contributed by atoms with Crippen molar-refractivity contribution < 1.29 is 14.3 Å². The summed E-state index contributed by atoms with van der Waals surface area (Å²) in [5.74, 6) is 0.836. The SMILES string of the molecule is COc1cccc(C(=O)N2CCCC3=C2CC(C)(C)CC3=O)c1. The maximum absolute atomic E-state index is 13.0. The predicted octanol–water partition coefficient (Wildman–Crippen LogP) is 3.57. The minimum absolute atomic E-state index is 0.0402. The molecule has 0 saturated carbocycles. The molecule has 2 aliphatic rings. The fraction of sp³-hybridized carbons (Fsp3) is 0.474. The zero-order chi connectivity index (χ0) is 16.6. The highest BCUT2D eigenvalue weighted by Crippen LogP contribution is 2.41. The van der Waals surface area contributed by atoms with E-state index in [0.717, 1.165) is 30.5 Å². The van der Waals surface area contributed by atoms with Crippen molar-refractivity contribution in [1.29, 1.82) is 0 Å². The summed E-state index contributed by atoms with van der Waals surface area (Å²) in [6.45, 7) is 4.87. The molecule has 1 amide bonds. The fourth-order valence-corrected chi connectivity index (χ4v) is 3.55. The summed E-state index contributed by atoms with van der Waals surface area (Å²) in [7, 11) is 1.59. The monoisotopic (exact) mass is 313 g/mol. The van der Waals surface area contributed by atoms with E-state index in [4.69, 9.17) is 4.74 Å². The van der Waals surface area contributed by atoms with Gasteiger partial charge in [0.15, 0.2) is 5.78 Å². The molecular weight excluding hydrogens is 290 g/mol. The highest BCUT2D eigenvalue weighted by Gasteiger charge is 2.38. The van der Waals surface area contributed by atoms with Gasteiger partial charge in [-0.1, -0.05) is 19.9 Å². The third-order valence-electron chi connectivity index (χ3n) is 4.67. The average molecular weight is 313 g/mol. The summed E-state index contributed by atoms with van der Waals surface area (Å²) in [5, 5.41) is 0. The molecule has 3 rings (SSSR count). The van der Waals surface area contributed by atoms with Crippen molar-refractivity contribution in [3.63, 3.8) is 0 Å². The smallest absolute Gasteiger partial charge is 0.258 e. The van der Waals surface area contributed by atoms with E-state index in [9.17, 15) is 9.59 Å². The van der Waals surface area contributed by atoms with Crippen LogP contribution < -0.4 is 4.74 Å². The largest absolute Gasteiger partial charge is 0.497 e. The first-order valence-corrected chi connectivity index (χ1v) is 8.12. The second-order valence-corrected chi connectivity index (χ2v) is 7.16. The van der Waals surface area contributed by atoms with Crippen LogP contribution in [0.25, 0.3) is 0 Å². The van der Waals surface area contributed by atoms with Crippen LogP contribution in [0.4, 0.5) is 0 Å². The molecular formula is C19H23NO3. The fourth-order valence-electron chi connectivity index (χ4n) is 3.55. The number of hydrogen-bond donors (Lipinski definition) is 0. The molecule has 1 aromatic carbocycles. The number of Topliss-reactive ketones (excluding diaryl/α,β-unsaturated/α-hetero) is 1. The standard InChI is InChI=1S/C19H23NO3/c1-19(2)11-16-15(17(21)12-19)8-5-9-20(16)18(22)13-6-4-7-14(10-13)23-3/h4,6-7,10H,5,8-9,11-12H2,1-3H3. The van der Waals surface area contributed by atoms with Gasteiger partial charge in [0.05, 0.1) is 7.11 Å². The van der Waals surface area contributed by atoms with Gasteiger partial charge >= 0.3 is 0 Å². The first-order chi connectivity index (χ1) is 10.9. The van der Waals surface area contributed by atoms with Crippen LogP contribution in [0.1, 0.15) is 49.9 Å². The van der Waals surface area contributed by atoms with Gasteiger partial charge in [-0.25, -0.2) is 0 Å². The van der Waals surface area contributed by atoms with Gasteiger partial charge in [-0.3, -0.25) is 9.59 Å². The van der Waals surface area contributed by atoms with Gasteiger partial charge in [-0.2, -0.15) is 0 Å². The van der Waals surface area contributed by atoms with Crippen LogP contribution in [0.15, 0.2) is 35.5 Å². The average Bonchev–Trinajstić information content (AvgIpc) is 2.53. The number of carbonyl (C=O) groups excluding carboxylic acids is 2. The highest BCUT2D eigenvalue weighted by atomic mass is 16.5. The lowest BCUT2D eigenvalue weighted by atomic mass is 9.73. The number of nitrogens with zero attached hydrogens (tertiary/aromatic N) is 1. The molecule has 122 valence electrons. The second-order valence-electron chi connectivity index (χ2n) is 7.16. The predicted molar refractivity (Wildman–Crippen MR) is 88.3 cm³/mol. The molecule has 0 aromatic heterocycles. The topological polar surface area (TPSA) is 46.6 Å². The lowest BCUT2D eigenvalue weighted by molar-refractivity contribution is -0.118. The van der Waals surface area contributed by atoms with Crippen molar-refractivity contribution in [2.24, 2.45) is 5.41 Å². The molecule has 0 N–H and O–H groups in total. The Balaban J connectivity index is 1.96. The molecule has 0 spiro atoms. The van der Waals surface area contributed by atoms with Gasteiger partial charge in [0.2, 0.25) is 0 Å². The van der Waals surface area contributed by atoms with E-state index in [1.54, 1.807) is 19.2 Å². The molecule has 4 heteroatoms. The molecule has 0 saturated heterocycles. The van der Waals surface area contributed by atoms with Crippen molar-refractivity contribution in [3.8, 4) is 5.75 Å². The van der Waals surface area contributed by atoms with E-state index < -0.39 is 0 Å². The van der Waals surface area contributed by atoms with Crippen molar-refractivity contribution in [3.05, 3.63) is 41.1 Å². The number of ether oxygens (including phenoxy) is 1. The Hall–Kier alpha value is -2.10. The normalized spacial score (nSPS) is 20.3. The van der Waals surface area contributed by atoms with E-state index in [2.05, 4.69) is 13.8 Å². The van der Waals surface area contributed by atoms with E-state index in [1.165, 1.54) is 0 Å². The first kappa shape index (κ1) is 15.8. The molecule has 1 aliphatic heterocycles. The number of amides is 1. The Morgan fingerprint density at radius 3 is 2.78 bits per heavy atom. The van der Waals surface area contributed by atoms with Gasteiger partial charge < -0.3 is 9.64 Å². The van der Waals surface area contributed by atoms with E-state index in [0.29, 0.717) is 24.3 Å². The minimum atomic E-state index is -0.0832. The molecule has 4 nitrogen and oxygen atoms in total. The maximum atomic E-state index is 13.0. The number of benzene rings is 1. The summed E-state index contributed by atoms with van der Waals surface area (Å²) < 4.78 is 5.21. The molecule has 1 heterocycles. The van der Waals surface area contributed by atoms with Crippen molar-refractivity contribution in [2.45, 2.75) is 39.5 Å². The Bertz CT molecular complexity index is 688. The third-order valence-corrected chi connectivity index (χ3v) is 4.67. The van der Waals surface area contributed by atoms with Gasteiger partial charge in [-0.05, 0) is 42.9 Å².